The van der Waals surface area contributed by atoms with E-state index in [9.17, 15) is 9.90 Å². The zero-order valence-electron chi connectivity index (χ0n) is 11.0. The fraction of sp³-hybridized carbons (Fsp3) is 0.333. The lowest BCUT2D eigenvalue weighted by Gasteiger charge is -2.08. The Bertz CT molecular complexity index is 581. The molecule has 0 radical (unpaired) electrons. The predicted octanol–water partition coefficient (Wildman–Crippen LogP) is 3.54. The fourth-order valence-corrected chi connectivity index (χ4v) is 2.03. The van der Waals surface area contributed by atoms with E-state index >= 15 is 0 Å². The molecule has 100 valence electrons. The number of carbonyl (C=O) groups is 1. The van der Waals surface area contributed by atoms with Crippen molar-refractivity contribution in [2.75, 3.05) is 11.9 Å². The topological polar surface area (TPSA) is 62.2 Å². The normalized spacial score (nSPS) is 10.6. The Hall–Kier alpha value is -2.10. The van der Waals surface area contributed by atoms with Gasteiger partial charge in [0.25, 0.3) is 0 Å². The summed E-state index contributed by atoms with van der Waals surface area (Å²) in [6.45, 7) is 2.97. The van der Waals surface area contributed by atoms with Crippen molar-refractivity contribution < 1.29 is 9.90 Å². The molecule has 0 spiro atoms. The highest BCUT2D eigenvalue weighted by Crippen LogP contribution is 2.20. The average molecular weight is 258 g/mol. The molecule has 0 aliphatic heterocycles. The van der Waals surface area contributed by atoms with Crippen LogP contribution in [0.1, 0.15) is 36.5 Å². The molecule has 0 bridgehead atoms. The number of aromatic carboxylic acids is 1. The smallest absolute Gasteiger partial charge is 0.336 e. The first-order valence-corrected chi connectivity index (χ1v) is 6.59. The highest BCUT2D eigenvalue weighted by atomic mass is 16.4. The summed E-state index contributed by atoms with van der Waals surface area (Å²) in [5.74, 6) is -0.289. The molecule has 2 aromatic rings. The SMILES string of the molecule is CCCCCNc1cc(C(=O)O)c2ccccc2n1. The van der Waals surface area contributed by atoms with Crippen LogP contribution < -0.4 is 5.32 Å². The number of hydrogen-bond acceptors (Lipinski definition) is 3. The first-order chi connectivity index (χ1) is 9.22. The summed E-state index contributed by atoms with van der Waals surface area (Å²) >= 11 is 0. The van der Waals surface area contributed by atoms with Gasteiger partial charge in [-0.05, 0) is 18.6 Å². The minimum Gasteiger partial charge on any atom is -0.478 e. The molecular formula is C15H18N2O2. The maximum absolute atomic E-state index is 11.3. The van der Waals surface area contributed by atoms with E-state index in [-0.39, 0.29) is 0 Å². The highest BCUT2D eigenvalue weighted by molar-refractivity contribution is 6.03. The number of pyridine rings is 1. The van der Waals surface area contributed by atoms with E-state index < -0.39 is 5.97 Å². The molecule has 0 saturated carbocycles. The van der Waals surface area contributed by atoms with Crippen molar-refractivity contribution in [3.8, 4) is 0 Å². The molecular weight excluding hydrogens is 240 g/mol. The first-order valence-electron chi connectivity index (χ1n) is 6.59. The van der Waals surface area contributed by atoms with Crippen molar-refractivity contribution in [2.45, 2.75) is 26.2 Å². The summed E-state index contributed by atoms with van der Waals surface area (Å²) in [6, 6.07) is 8.91. The lowest BCUT2D eigenvalue weighted by molar-refractivity contribution is 0.0699. The van der Waals surface area contributed by atoms with Crippen LogP contribution >= 0.6 is 0 Å². The van der Waals surface area contributed by atoms with E-state index in [1.54, 1.807) is 12.1 Å². The molecule has 0 unspecified atom stereocenters. The molecule has 0 aliphatic rings. The molecule has 19 heavy (non-hydrogen) atoms. The number of para-hydroxylation sites is 1. The molecule has 2 N–H and O–H groups in total. The quantitative estimate of drug-likeness (QED) is 0.778. The van der Waals surface area contributed by atoms with Gasteiger partial charge in [0, 0.05) is 11.9 Å². The van der Waals surface area contributed by atoms with Gasteiger partial charge in [-0.3, -0.25) is 0 Å². The van der Waals surface area contributed by atoms with Gasteiger partial charge in [0.1, 0.15) is 5.82 Å². The molecule has 1 aromatic heterocycles. The minimum absolute atomic E-state index is 0.295. The number of carboxylic acid groups (broad SMARTS) is 1. The summed E-state index contributed by atoms with van der Waals surface area (Å²) in [5.41, 5.74) is 1.00. The maximum Gasteiger partial charge on any atom is 0.336 e. The van der Waals surface area contributed by atoms with Crippen LogP contribution in [0.15, 0.2) is 30.3 Å². The Morgan fingerprint density at radius 1 is 1.32 bits per heavy atom. The third kappa shape index (κ3) is 3.22. The monoisotopic (exact) mass is 258 g/mol. The number of nitrogens with one attached hydrogen (secondary N) is 1. The summed E-state index contributed by atoms with van der Waals surface area (Å²) < 4.78 is 0. The number of fused-ring (bicyclic) bond motifs is 1. The van der Waals surface area contributed by atoms with Crippen molar-refractivity contribution >= 4 is 22.7 Å². The van der Waals surface area contributed by atoms with Crippen molar-refractivity contribution in [1.29, 1.82) is 0 Å². The molecule has 1 aromatic carbocycles. The highest BCUT2D eigenvalue weighted by Gasteiger charge is 2.11. The molecule has 0 fully saturated rings. The summed E-state index contributed by atoms with van der Waals surface area (Å²) in [5, 5.41) is 13.1. The lowest BCUT2D eigenvalue weighted by atomic mass is 10.1. The average Bonchev–Trinajstić information content (AvgIpc) is 2.42. The number of unbranched alkanes of at least 4 members (excludes halogenated alkanes) is 2. The van der Waals surface area contributed by atoms with Crippen LogP contribution in [0.25, 0.3) is 10.9 Å². The van der Waals surface area contributed by atoms with Crippen molar-refractivity contribution in [3.05, 3.63) is 35.9 Å². The minimum atomic E-state index is -0.921. The number of anilines is 1. The molecule has 0 saturated heterocycles. The van der Waals surface area contributed by atoms with Gasteiger partial charge in [0.2, 0.25) is 0 Å². The fourth-order valence-electron chi connectivity index (χ4n) is 2.03. The summed E-state index contributed by atoms with van der Waals surface area (Å²) in [4.78, 5) is 15.7. The Morgan fingerprint density at radius 3 is 2.84 bits per heavy atom. The number of benzene rings is 1. The Labute approximate surface area is 112 Å². The third-order valence-electron chi connectivity index (χ3n) is 3.03. The molecule has 1 heterocycles. The number of carboxylic acids is 1. The van der Waals surface area contributed by atoms with Crippen LogP contribution in [0, 0.1) is 0 Å². The molecule has 2 rings (SSSR count). The largest absolute Gasteiger partial charge is 0.478 e. The van der Waals surface area contributed by atoms with Gasteiger partial charge < -0.3 is 10.4 Å². The predicted molar refractivity (Wildman–Crippen MR) is 76.7 cm³/mol. The lowest BCUT2D eigenvalue weighted by Crippen LogP contribution is -2.06. The van der Waals surface area contributed by atoms with Gasteiger partial charge >= 0.3 is 5.97 Å². The standard InChI is InChI=1S/C15H18N2O2/c1-2-3-6-9-16-14-10-12(15(18)19)11-7-4-5-8-13(11)17-14/h4-5,7-8,10H,2-3,6,9H2,1H3,(H,16,17)(H,18,19). The van der Waals surface area contributed by atoms with E-state index in [0.29, 0.717) is 22.3 Å². The number of hydrogen-bond donors (Lipinski definition) is 2. The second-order valence-electron chi connectivity index (χ2n) is 4.51. The van der Waals surface area contributed by atoms with Gasteiger partial charge in [-0.1, -0.05) is 38.0 Å². The van der Waals surface area contributed by atoms with Crippen LogP contribution in [0.5, 0.6) is 0 Å². The number of rotatable bonds is 6. The van der Waals surface area contributed by atoms with Gasteiger partial charge in [0.05, 0.1) is 11.1 Å². The number of aromatic nitrogens is 1. The van der Waals surface area contributed by atoms with Gasteiger partial charge in [-0.2, -0.15) is 0 Å². The Kier molecular flexibility index (Phi) is 4.34. The molecule has 0 aliphatic carbocycles. The van der Waals surface area contributed by atoms with Crippen LogP contribution in [-0.2, 0) is 0 Å². The van der Waals surface area contributed by atoms with Crippen molar-refractivity contribution in [2.24, 2.45) is 0 Å². The first kappa shape index (κ1) is 13.3. The second kappa shape index (κ2) is 6.18. The van der Waals surface area contributed by atoms with Gasteiger partial charge in [-0.15, -0.1) is 0 Å². The Morgan fingerprint density at radius 2 is 2.11 bits per heavy atom. The molecule has 0 amide bonds. The molecule has 4 heteroatoms. The van der Waals surface area contributed by atoms with Crippen molar-refractivity contribution in [1.82, 2.24) is 4.98 Å². The van der Waals surface area contributed by atoms with E-state index in [4.69, 9.17) is 0 Å². The molecule has 0 atom stereocenters. The van der Waals surface area contributed by atoms with Crippen LogP contribution in [0.2, 0.25) is 0 Å². The van der Waals surface area contributed by atoms with E-state index in [1.165, 1.54) is 0 Å². The third-order valence-corrected chi connectivity index (χ3v) is 3.03. The van der Waals surface area contributed by atoms with Crippen molar-refractivity contribution in [3.63, 3.8) is 0 Å². The number of nitrogens with zero attached hydrogens (tertiary/aromatic N) is 1. The zero-order chi connectivity index (χ0) is 13.7. The van der Waals surface area contributed by atoms with Gasteiger partial charge in [0.15, 0.2) is 0 Å². The maximum atomic E-state index is 11.3. The second-order valence-corrected chi connectivity index (χ2v) is 4.51. The summed E-state index contributed by atoms with van der Waals surface area (Å²) in [7, 11) is 0. The van der Waals surface area contributed by atoms with Gasteiger partial charge in [-0.25, -0.2) is 9.78 Å². The zero-order valence-corrected chi connectivity index (χ0v) is 11.0. The van der Waals surface area contributed by atoms with E-state index in [2.05, 4.69) is 17.2 Å². The molecule has 4 nitrogen and oxygen atoms in total. The Balaban J connectivity index is 2.27. The van der Waals surface area contributed by atoms with Crippen LogP contribution in [-0.4, -0.2) is 22.6 Å². The van der Waals surface area contributed by atoms with Crippen LogP contribution in [0.4, 0.5) is 5.82 Å². The summed E-state index contributed by atoms with van der Waals surface area (Å²) in [6.07, 6.45) is 3.38. The van der Waals surface area contributed by atoms with E-state index in [1.807, 2.05) is 18.2 Å². The van der Waals surface area contributed by atoms with E-state index in [0.717, 1.165) is 25.8 Å². The van der Waals surface area contributed by atoms with Crippen LogP contribution in [0.3, 0.4) is 0 Å².